The Balaban J connectivity index is 1.08. The molecule has 9 heteroatoms. The topological polar surface area (TPSA) is 94.2 Å². The maximum absolute atomic E-state index is 14.6. The average Bonchev–Trinajstić information content (AvgIpc) is 2.88. The zero-order valence-electron chi connectivity index (χ0n) is 20.9. The summed E-state index contributed by atoms with van der Waals surface area (Å²) in [6.07, 6.45) is 7.59. The third-order valence-corrected chi connectivity index (χ3v) is 9.06. The molecule has 1 aliphatic heterocycles. The zero-order valence-corrected chi connectivity index (χ0v) is 20.9. The minimum atomic E-state index is -0.591. The summed E-state index contributed by atoms with van der Waals surface area (Å²) in [5, 5.41) is 2.48. The van der Waals surface area contributed by atoms with Gasteiger partial charge in [-0.25, -0.2) is 9.97 Å². The van der Waals surface area contributed by atoms with Gasteiger partial charge in [0.1, 0.15) is 11.5 Å². The maximum atomic E-state index is 14.6. The summed E-state index contributed by atoms with van der Waals surface area (Å²) in [4.78, 5) is 41.0. The number of H-pyrrole nitrogens is 1. The van der Waals surface area contributed by atoms with E-state index in [1.165, 1.54) is 19.9 Å². The molecule has 36 heavy (non-hydrogen) atoms. The van der Waals surface area contributed by atoms with Crippen molar-refractivity contribution in [3.8, 4) is 0 Å². The van der Waals surface area contributed by atoms with Crippen LogP contribution in [0, 0.1) is 23.7 Å². The Morgan fingerprint density at radius 1 is 1.08 bits per heavy atom. The van der Waals surface area contributed by atoms with Crippen molar-refractivity contribution >= 4 is 11.6 Å². The minimum absolute atomic E-state index is 0.0916. The zero-order chi connectivity index (χ0) is 24.8. The molecule has 2 bridgehead atoms. The van der Waals surface area contributed by atoms with Crippen LogP contribution >= 0.6 is 0 Å². The van der Waals surface area contributed by atoms with Gasteiger partial charge in [-0.05, 0) is 74.8 Å². The molecule has 1 amide bonds. The number of carbonyl (C=O) groups excluding carboxylic acids is 1. The highest BCUT2D eigenvalue weighted by Gasteiger charge is 2.47. The standard InChI is InChI=1S/C27H35FN6O2/c1-29-27(36)22-6-7-23(24(28)30-22)34-10-8-33(9-11-34)15-18-14-20(17-12-16(18)13-17)25-31-21-5-3-2-4-19(21)26(35)32-25/h6-7,16-18,20H,2-5,8-15H2,1H3,(H,29,36)(H,31,32,35). The lowest BCUT2D eigenvalue weighted by Crippen LogP contribution is -2.51. The van der Waals surface area contributed by atoms with Crippen LogP contribution in [-0.4, -0.2) is 65.5 Å². The van der Waals surface area contributed by atoms with Gasteiger partial charge in [0.25, 0.3) is 11.5 Å². The van der Waals surface area contributed by atoms with Crippen molar-refractivity contribution in [3.05, 3.63) is 51.2 Å². The molecule has 0 radical (unpaired) electrons. The Bertz CT molecular complexity index is 1200. The van der Waals surface area contributed by atoms with Crippen LogP contribution in [0.4, 0.5) is 10.1 Å². The van der Waals surface area contributed by atoms with E-state index in [4.69, 9.17) is 4.98 Å². The molecule has 3 heterocycles. The first-order valence-corrected chi connectivity index (χ1v) is 13.5. The summed E-state index contributed by atoms with van der Waals surface area (Å²) in [6, 6.07) is 3.24. The van der Waals surface area contributed by atoms with E-state index >= 15 is 0 Å². The van der Waals surface area contributed by atoms with Crippen molar-refractivity contribution in [3.63, 3.8) is 0 Å². The van der Waals surface area contributed by atoms with Gasteiger partial charge < -0.3 is 15.2 Å². The van der Waals surface area contributed by atoms with Crippen molar-refractivity contribution in [1.82, 2.24) is 25.2 Å². The summed E-state index contributed by atoms with van der Waals surface area (Å²) in [5.74, 6) is 2.35. The largest absolute Gasteiger partial charge is 0.365 e. The number of anilines is 1. The molecule has 3 saturated carbocycles. The maximum Gasteiger partial charge on any atom is 0.269 e. The van der Waals surface area contributed by atoms with Crippen LogP contribution in [0.1, 0.15) is 65.6 Å². The predicted molar refractivity (Wildman–Crippen MR) is 135 cm³/mol. The summed E-state index contributed by atoms with van der Waals surface area (Å²) >= 11 is 0. The highest BCUT2D eigenvalue weighted by molar-refractivity contribution is 5.92. The highest BCUT2D eigenvalue weighted by Crippen LogP contribution is 2.55. The molecule has 2 N–H and O–H groups in total. The number of piperazine rings is 1. The van der Waals surface area contributed by atoms with Gasteiger partial charge in [-0.15, -0.1) is 0 Å². The lowest BCUT2D eigenvalue weighted by atomic mass is 9.55. The number of amides is 1. The van der Waals surface area contributed by atoms with Crippen LogP contribution in [0.5, 0.6) is 0 Å². The Labute approximate surface area is 210 Å². The van der Waals surface area contributed by atoms with Crippen molar-refractivity contribution in [2.45, 2.75) is 50.9 Å². The SMILES string of the molecule is CNC(=O)c1ccc(N2CCN(CC3CC(c4nc5c(c(=O)[nH]4)CCCC5)C4CC3C4)CC2)c(F)n1. The molecule has 8 nitrogen and oxygen atoms in total. The molecule has 0 spiro atoms. The Morgan fingerprint density at radius 2 is 1.86 bits per heavy atom. The average molecular weight is 495 g/mol. The van der Waals surface area contributed by atoms with Gasteiger partial charge in [0.15, 0.2) is 0 Å². The van der Waals surface area contributed by atoms with Crippen LogP contribution in [0.15, 0.2) is 16.9 Å². The third kappa shape index (κ3) is 4.31. The summed E-state index contributed by atoms with van der Waals surface area (Å²) in [6.45, 7) is 4.28. The summed E-state index contributed by atoms with van der Waals surface area (Å²) in [5.41, 5.74) is 2.60. The minimum Gasteiger partial charge on any atom is -0.365 e. The number of aryl methyl sites for hydroxylation is 1. The molecule has 2 aromatic heterocycles. The third-order valence-electron chi connectivity index (χ3n) is 9.06. The molecular formula is C27H35FN6O2. The summed E-state index contributed by atoms with van der Waals surface area (Å²) in [7, 11) is 1.51. The van der Waals surface area contributed by atoms with E-state index in [0.29, 0.717) is 23.4 Å². The highest BCUT2D eigenvalue weighted by atomic mass is 19.1. The first-order valence-electron chi connectivity index (χ1n) is 13.5. The van der Waals surface area contributed by atoms with Crippen LogP contribution in [-0.2, 0) is 12.8 Å². The van der Waals surface area contributed by atoms with E-state index in [1.807, 2.05) is 4.90 Å². The molecule has 192 valence electrons. The fourth-order valence-electron chi connectivity index (χ4n) is 6.91. The van der Waals surface area contributed by atoms with Crippen LogP contribution in [0.3, 0.4) is 0 Å². The first-order chi connectivity index (χ1) is 17.5. The number of pyridine rings is 1. The van der Waals surface area contributed by atoms with Crippen LogP contribution in [0.25, 0.3) is 0 Å². The molecule has 4 aliphatic carbocycles. The normalized spacial score (nSPS) is 27.8. The van der Waals surface area contributed by atoms with E-state index in [2.05, 4.69) is 20.2 Å². The molecule has 2 atom stereocenters. The van der Waals surface area contributed by atoms with Gasteiger partial charge in [-0.3, -0.25) is 14.5 Å². The van der Waals surface area contributed by atoms with Crippen LogP contribution in [0.2, 0.25) is 0 Å². The Kier molecular flexibility index (Phi) is 6.27. The number of carbonyl (C=O) groups is 1. The molecule has 0 aromatic carbocycles. The number of aromatic amines is 1. The Hall–Kier alpha value is -2.81. The van der Waals surface area contributed by atoms with Gasteiger partial charge in [0.2, 0.25) is 5.95 Å². The van der Waals surface area contributed by atoms with E-state index in [1.54, 1.807) is 12.1 Å². The number of aromatic nitrogens is 3. The molecule has 7 rings (SSSR count). The lowest BCUT2D eigenvalue weighted by Gasteiger charge is -2.52. The van der Waals surface area contributed by atoms with Crippen molar-refractivity contribution < 1.29 is 9.18 Å². The van der Waals surface area contributed by atoms with Gasteiger partial charge in [-0.1, -0.05) is 0 Å². The van der Waals surface area contributed by atoms with Gasteiger partial charge in [0.05, 0.1) is 11.4 Å². The van der Waals surface area contributed by atoms with Crippen molar-refractivity contribution in [1.29, 1.82) is 0 Å². The monoisotopic (exact) mass is 494 g/mol. The smallest absolute Gasteiger partial charge is 0.269 e. The molecule has 2 aromatic rings. The second-order valence-electron chi connectivity index (χ2n) is 11.1. The number of rotatable bonds is 5. The summed E-state index contributed by atoms with van der Waals surface area (Å²) < 4.78 is 14.6. The van der Waals surface area contributed by atoms with Crippen LogP contribution < -0.4 is 15.8 Å². The second-order valence-corrected chi connectivity index (χ2v) is 11.1. The van der Waals surface area contributed by atoms with Gasteiger partial charge in [-0.2, -0.15) is 4.39 Å². The number of halogens is 1. The number of hydrogen-bond acceptors (Lipinski definition) is 6. The van der Waals surface area contributed by atoms with Gasteiger partial charge >= 0.3 is 0 Å². The van der Waals surface area contributed by atoms with E-state index < -0.39 is 5.95 Å². The number of fused-ring (bicyclic) bond motifs is 3. The molecule has 5 aliphatic rings. The molecule has 1 saturated heterocycles. The fourth-order valence-corrected chi connectivity index (χ4v) is 6.91. The lowest BCUT2D eigenvalue weighted by molar-refractivity contribution is 0.00522. The van der Waals surface area contributed by atoms with E-state index in [-0.39, 0.29) is 17.2 Å². The fraction of sp³-hybridized carbons (Fsp3) is 0.630. The Morgan fingerprint density at radius 3 is 2.61 bits per heavy atom. The molecule has 2 unspecified atom stereocenters. The van der Waals surface area contributed by atoms with Crippen molar-refractivity contribution in [2.24, 2.45) is 17.8 Å². The van der Waals surface area contributed by atoms with E-state index in [9.17, 15) is 14.0 Å². The quantitative estimate of drug-likeness (QED) is 0.621. The number of nitrogens with one attached hydrogen (secondary N) is 2. The number of nitrogens with zero attached hydrogens (tertiary/aromatic N) is 4. The molecular weight excluding hydrogens is 459 g/mol. The van der Waals surface area contributed by atoms with Crippen molar-refractivity contribution in [2.75, 3.05) is 44.7 Å². The molecule has 4 fully saturated rings. The second kappa shape index (κ2) is 9.57. The number of hydrogen-bond donors (Lipinski definition) is 2. The van der Waals surface area contributed by atoms with Gasteiger partial charge in [0, 0.05) is 51.3 Å². The van der Waals surface area contributed by atoms with E-state index in [0.717, 1.165) is 87.8 Å². The first kappa shape index (κ1) is 23.6. The predicted octanol–water partition coefficient (Wildman–Crippen LogP) is 2.49.